The summed E-state index contributed by atoms with van der Waals surface area (Å²) in [6.07, 6.45) is 0.0420. The number of rotatable bonds is 10. The SMILES string of the molecule is CC[C@H](C)[C@@H]1C(=O)O[C@H]1C(=O)N[C@H](C(=O)C[C@H](C(C)=O)C(C)C)C(C)C. The Hall–Kier alpha value is -1.72. The number of esters is 1. The van der Waals surface area contributed by atoms with Gasteiger partial charge in [0.15, 0.2) is 11.9 Å². The highest BCUT2D eigenvalue weighted by Gasteiger charge is 2.50. The Balaban J connectivity index is 2.82. The number of ether oxygens (including phenoxy) is 1. The first-order valence-electron chi connectivity index (χ1n) is 9.55. The van der Waals surface area contributed by atoms with Crippen LogP contribution in [0.25, 0.3) is 0 Å². The molecule has 0 aliphatic carbocycles. The fourth-order valence-electron chi connectivity index (χ4n) is 3.38. The molecule has 0 aromatic heterocycles. The van der Waals surface area contributed by atoms with Crippen LogP contribution in [0, 0.1) is 29.6 Å². The van der Waals surface area contributed by atoms with Crippen LogP contribution in [0.1, 0.15) is 61.3 Å². The standard InChI is InChI=1S/C20H33NO5/c1-8-12(6)16-18(26-20(16)25)19(24)21-17(11(4)5)15(23)9-14(10(2)3)13(7)22/h10-12,14,16-18H,8-9H2,1-7H3,(H,21,24)/t12-,14-,16-,17-,18+/m0/s1. The zero-order chi connectivity index (χ0) is 20.2. The lowest BCUT2D eigenvalue weighted by Crippen LogP contribution is -2.59. The van der Waals surface area contributed by atoms with Crippen molar-refractivity contribution >= 4 is 23.4 Å². The molecule has 0 spiro atoms. The van der Waals surface area contributed by atoms with Crippen LogP contribution in [-0.4, -0.2) is 35.6 Å². The van der Waals surface area contributed by atoms with Gasteiger partial charge in [-0.25, -0.2) is 0 Å². The van der Waals surface area contributed by atoms with E-state index in [0.29, 0.717) is 0 Å². The summed E-state index contributed by atoms with van der Waals surface area (Å²) in [5.74, 6) is -1.79. The predicted octanol–water partition coefficient (Wildman–Crippen LogP) is 2.54. The third-order valence-electron chi connectivity index (χ3n) is 5.42. The van der Waals surface area contributed by atoms with Crippen molar-refractivity contribution in [3.8, 4) is 0 Å². The van der Waals surface area contributed by atoms with Crippen molar-refractivity contribution in [1.29, 1.82) is 0 Å². The number of hydrogen-bond donors (Lipinski definition) is 1. The molecule has 1 heterocycles. The largest absolute Gasteiger partial charge is 0.451 e. The van der Waals surface area contributed by atoms with E-state index in [1.54, 1.807) is 0 Å². The van der Waals surface area contributed by atoms with Gasteiger partial charge >= 0.3 is 5.97 Å². The van der Waals surface area contributed by atoms with Gasteiger partial charge in [0.2, 0.25) is 0 Å². The molecule has 1 saturated heterocycles. The molecule has 0 radical (unpaired) electrons. The van der Waals surface area contributed by atoms with E-state index >= 15 is 0 Å². The molecule has 1 N–H and O–H groups in total. The number of cyclic esters (lactones) is 1. The Labute approximate surface area is 156 Å². The fraction of sp³-hybridized carbons (Fsp3) is 0.800. The normalized spacial score (nSPS) is 23.0. The summed E-state index contributed by atoms with van der Waals surface area (Å²) >= 11 is 0. The number of carbonyl (C=O) groups excluding carboxylic acids is 4. The molecular formula is C20H33NO5. The third kappa shape index (κ3) is 5.15. The van der Waals surface area contributed by atoms with Crippen molar-refractivity contribution < 1.29 is 23.9 Å². The van der Waals surface area contributed by atoms with Crippen molar-refractivity contribution in [2.75, 3.05) is 0 Å². The maximum absolute atomic E-state index is 12.7. The van der Waals surface area contributed by atoms with Crippen LogP contribution in [0.2, 0.25) is 0 Å². The Morgan fingerprint density at radius 1 is 1.08 bits per heavy atom. The molecule has 1 fully saturated rings. The van der Waals surface area contributed by atoms with Crippen LogP contribution in [0.4, 0.5) is 0 Å². The third-order valence-corrected chi connectivity index (χ3v) is 5.42. The topological polar surface area (TPSA) is 89.5 Å². The van der Waals surface area contributed by atoms with E-state index in [2.05, 4.69) is 5.32 Å². The molecule has 0 unspecified atom stereocenters. The van der Waals surface area contributed by atoms with Gasteiger partial charge in [0.25, 0.3) is 5.91 Å². The first-order chi connectivity index (χ1) is 12.0. The Morgan fingerprint density at radius 3 is 2.04 bits per heavy atom. The molecule has 5 atom stereocenters. The molecule has 6 heteroatoms. The minimum Gasteiger partial charge on any atom is -0.451 e. The van der Waals surface area contributed by atoms with Gasteiger partial charge in [-0.05, 0) is 24.7 Å². The average molecular weight is 367 g/mol. The molecule has 0 aromatic rings. The van der Waals surface area contributed by atoms with Gasteiger partial charge < -0.3 is 10.1 Å². The van der Waals surface area contributed by atoms with E-state index in [9.17, 15) is 19.2 Å². The molecule has 1 rings (SSSR count). The lowest BCUT2D eigenvalue weighted by Gasteiger charge is -2.38. The number of carbonyl (C=O) groups is 4. The van der Waals surface area contributed by atoms with Crippen molar-refractivity contribution in [1.82, 2.24) is 5.32 Å². The van der Waals surface area contributed by atoms with Crippen LogP contribution in [0.15, 0.2) is 0 Å². The second-order valence-electron chi connectivity index (χ2n) is 8.13. The number of Topliss-reactive ketones (excluding diaryl/α,β-unsaturated/α-hetero) is 2. The molecule has 0 bridgehead atoms. The van der Waals surface area contributed by atoms with Gasteiger partial charge in [0.1, 0.15) is 11.7 Å². The fourth-order valence-corrected chi connectivity index (χ4v) is 3.38. The maximum atomic E-state index is 12.7. The molecule has 1 aliphatic rings. The Morgan fingerprint density at radius 2 is 1.65 bits per heavy atom. The van der Waals surface area contributed by atoms with Gasteiger partial charge in [-0.15, -0.1) is 0 Å². The van der Waals surface area contributed by atoms with Crippen LogP contribution in [-0.2, 0) is 23.9 Å². The van der Waals surface area contributed by atoms with Crippen molar-refractivity contribution in [2.45, 2.75) is 73.5 Å². The highest BCUT2D eigenvalue weighted by molar-refractivity contribution is 5.97. The number of nitrogens with one attached hydrogen (secondary N) is 1. The first kappa shape index (κ1) is 22.3. The summed E-state index contributed by atoms with van der Waals surface area (Å²) in [5.41, 5.74) is 0. The Kier molecular flexibility index (Phi) is 7.97. The maximum Gasteiger partial charge on any atom is 0.314 e. The van der Waals surface area contributed by atoms with Crippen LogP contribution < -0.4 is 5.32 Å². The molecule has 148 valence electrons. The molecular weight excluding hydrogens is 334 g/mol. The van der Waals surface area contributed by atoms with Crippen LogP contribution in [0.5, 0.6) is 0 Å². The van der Waals surface area contributed by atoms with Crippen LogP contribution in [0.3, 0.4) is 0 Å². The monoisotopic (exact) mass is 367 g/mol. The molecule has 26 heavy (non-hydrogen) atoms. The summed E-state index contributed by atoms with van der Waals surface area (Å²) < 4.78 is 5.04. The number of ketones is 2. The predicted molar refractivity (Wildman–Crippen MR) is 98.2 cm³/mol. The molecule has 1 aliphatic heterocycles. The first-order valence-corrected chi connectivity index (χ1v) is 9.55. The van der Waals surface area contributed by atoms with Crippen molar-refractivity contribution in [3.63, 3.8) is 0 Å². The average Bonchev–Trinajstić information content (AvgIpc) is 2.53. The second-order valence-corrected chi connectivity index (χ2v) is 8.13. The van der Waals surface area contributed by atoms with Crippen molar-refractivity contribution in [3.05, 3.63) is 0 Å². The molecule has 6 nitrogen and oxygen atoms in total. The number of hydrogen-bond acceptors (Lipinski definition) is 5. The zero-order valence-electron chi connectivity index (χ0n) is 17.0. The summed E-state index contributed by atoms with van der Waals surface area (Å²) in [6.45, 7) is 12.9. The van der Waals surface area contributed by atoms with E-state index in [-0.39, 0.29) is 47.6 Å². The summed E-state index contributed by atoms with van der Waals surface area (Å²) in [5, 5.41) is 2.75. The summed E-state index contributed by atoms with van der Waals surface area (Å²) in [4.78, 5) is 48.8. The van der Waals surface area contributed by atoms with Gasteiger partial charge in [-0.3, -0.25) is 19.2 Å². The van der Waals surface area contributed by atoms with E-state index in [1.807, 2.05) is 41.5 Å². The smallest absolute Gasteiger partial charge is 0.314 e. The summed E-state index contributed by atoms with van der Waals surface area (Å²) in [7, 11) is 0. The quantitative estimate of drug-likeness (QED) is 0.599. The van der Waals surface area contributed by atoms with Crippen molar-refractivity contribution in [2.24, 2.45) is 29.6 Å². The van der Waals surface area contributed by atoms with Crippen LogP contribution >= 0.6 is 0 Å². The van der Waals surface area contributed by atoms with E-state index in [0.717, 1.165) is 6.42 Å². The second kappa shape index (κ2) is 9.28. The highest BCUT2D eigenvalue weighted by atomic mass is 16.6. The Bertz CT molecular complexity index is 554. The molecule has 1 amide bonds. The lowest BCUT2D eigenvalue weighted by atomic mass is 9.82. The van der Waals surface area contributed by atoms with E-state index in [1.165, 1.54) is 6.92 Å². The lowest BCUT2D eigenvalue weighted by molar-refractivity contribution is -0.193. The van der Waals surface area contributed by atoms with Gasteiger partial charge in [-0.1, -0.05) is 48.0 Å². The molecule has 0 saturated carbocycles. The minimum absolute atomic E-state index is 0.0214. The van der Waals surface area contributed by atoms with E-state index < -0.39 is 24.0 Å². The zero-order valence-corrected chi connectivity index (χ0v) is 17.0. The summed E-state index contributed by atoms with van der Waals surface area (Å²) in [6, 6.07) is -0.694. The highest BCUT2D eigenvalue weighted by Crippen LogP contribution is 2.32. The van der Waals surface area contributed by atoms with Gasteiger partial charge in [-0.2, -0.15) is 0 Å². The van der Waals surface area contributed by atoms with E-state index in [4.69, 9.17) is 4.74 Å². The van der Waals surface area contributed by atoms with Gasteiger partial charge in [0, 0.05) is 12.3 Å². The van der Waals surface area contributed by atoms with Gasteiger partial charge in [0.05, 0.1) is 6.04 Å². The number of amides is 1. The molecule has 0 aromatic carbocycles. The minimum atomic E-state index is -0.833.